The molecule has 1 aromatic heterocycles. The SMILES string of the molecule is O=Cc1cc(OCc2ncccn2)cc2ccccc12. The molecule has 0 N–H and O–H groups in total. The minimum atomic E-state index is 0.275. The van der Waals surface area contributed by atoms with Gasteiger partial charge in [0.05, 0.1) is 0 Å². The van der Waals surface area contributed by atoms with Gasteiger partial charge in [0.25, 0.3) is 0 Å². The van der Waals surface area contributed by atoms with Gasteiger partial charge in [-0.1, -0.05) is 24.3 Å². The van der Waals surface area contributed by atoms with Crippen molar-refractivity contribution >= 4 is 17.1 Å². The molecule has 0 unspecified atom stereocenters. The molecule has 0 fully saturated rings. The van der Waals surface area contributed by atoms with Crippen LogP contribution in [0.5, 0.6) is 5.75 Å². The van der Waals surface area contributed by atoms with Gasteiger partial charge in [0.2, 0.25) is 0 Å². The summed E-state index contributed by atoms with van der Waals surface area (Å²) < 4.78 is 5.66. The highest BCUT2D eigenvalue weighted by molar-refractivity contribution is 5.99. The number of benzene rings is 2. The quantitative estimate of drug-likeness (QED) is 0.680. The molecule has 0 saturated heterocycles. The van der Waals surface area contributed by atoms with Crippen LogP contribution in [0.15, 0.2) is 54.9 Å². The first kappa shape index (κ1) is 12.3. The molecule has 3 aromatic rings. The van der Waals surface area contributed by atoms with Gasteiger partial charge in [0.15, 0.2) is 12.1 Å². The topological polar surface area (TPSA) is 52.1 Å². The van der Waals surface area contributed by atoms with E-state index in [1.165, 1.54) is 0 Å². The summed E-state index contributed by atoms with van der Waals surface area (Å²) in [7, 11) is 0. The van der Waals surface area contributed by atoms with Gasteiger partial charge in [-0.05, 0) is 29.0 Å². The number of ether oxygens (including phenoxy) is 1. The average Bonchev–Trinajstić information content (AvgIpc) is 2.53. The second-order valence-electron chi connectivity index (χ2n) is 4.31. The average molecular weight is 264 g/mol. The lowest BCUT2D eigenvalue weighted by molar-refractivity contribution is 0.112. The monoisotopic (exact) mass is 264 g/mol. The standard InChI is InChI=1S/C16H12N2O2/c19-10-13-9-14(8-12-4-1-2-5-15(12)13)20-11-16-17-6-3-7-18-16/h1-10H,11H2. The van der Waals surface area contributed by atoms with Crippen LogP contribution >= 0.6 is 0 Å². The first-order valence-corrected chi connectivity index (χ1v) is 6.23. The highest BCUT2D eigenvalue weighted by Crippen LogP contribution is 2.24. The fraction of sp³-hybridized carbons (Fsp3) is 0.0625. The van der Waals surface area contributed by atoms with E-state index in [1.807, 2.05) is 30.3 Å². The summed E-state index contributed by atoms with van der Waals surface area (Å²) >= 11 is 0. The summed E-state index contributed by atoms with van der Waals surface area (Å²) in [5.74, 6) is 1.24. The van der Waals surface area contributed by atoms with Crippen LogP contribution in [-0.2, 0) is 6.61 Å². The number of carbonyl (C=O) groups is 1. The Hall–Kier alpha value is -2.75. The van der Waals surface area contributed by atoms with E-state index in [4.69, 9.17) is 4.74 Å². The Labute approximate surface area is 116 Å². The van der Waals surface area contributed by atoms with Crippen LogP contribution in [0, 0.1) is 0 Å². The number of hydrogen-bond acceptors (Lipinski definition) is 4. The number of rotatable bonds is 4. The van der Waals surface area contributed by atoms with E-state index in [-0.39, 0.29) is 6.61 Å². The van der Waals surface area contributed by atoms with Crippen LogP contribution in [0.25, 0.3) is 10.8 Å². The maximum Gasteiger partial charge on any atom is 0.166 e. The van der Waals surface area contributed by atoms with Gasteiger partial charge in [-0.2, -0.15) is 0 Å². The third-order valence-electron chi connectivity index (χ3n) is 2.98. The van der Waals surface area contributed by atoms with Crippen molar-refractivity contribution in [3.05, 3.63) is 66.2 Å². The molecule has 20 heavy (non-hydrogen) atoms. The van der Waals surface area contributed by atoms with Crippen molar-refractivity contribution in [2.45, 2.75) is 6.61 Å². The summed E-state index contributed by atoms with van der Waals surface area (Å²) in [4.78, 5) is 19.4. The number of aldehydes is 1. The Balaban J connectivity index is 1.90. The molecule has 0 aliphatic carbocycles. The van der Waals surface area contributed by atoms with Gasteiger partial charge in [0.1, 0.15) is 12.4 Å². The Bertz CT molecular complexity index is 742. The van der Waals surface area contributed by atoms with Crippen molar-refractivity contribution in [1.29, 1.82) is 0 Å². The molecule has 0 amide bonds. The molecular formula is C16H12N2O2. The molecule has 0 spiro atoms. The van der Waals surface area contributed by atoms with Gasteiger partial charge in [-0.25, -0.2) is 9.97 Å². The smallest absolute Gasteiger partial charge is 0.166 e. The number of nitrogens with zero attached hydrogens (tertiary/aromatic N) is 2. The van der Waals surface area contributed by atoms with Gasteiger partial charge >= 0.3 is 0 Å². The number of carbonyl (C=O) groups excluding carboxylic acids is 1. The van der Waals surface area contributed by atoms with Crippen LogP contribution in [0.3, 0.4) is 0 Å². The second kappa shape index (κ2) is 5.48. The van der Waals surface area contributed by atoms with E-state index in [1.54, 1.807) is 24.5 Å². The van der Waals surface area contributed by atoms with E-state index in [2.05, 4.69) is 9.97 Å². The molecule has 0 radical (unpaired) electrons. The highest BCUT2D eigenvalue weighted by atomic mass is 16.5. The van der Waals surface area contributed by atoms with Crippen LogP contribution in [0.4, 0.5) is 0 Å². The summed E-state index contributed by atoms with van der Waals surface area (Å²) in [6, 6.07) is 13.1. The zero-order valence-electron chi connectivity index (χ0n) is 10.7. The molecule has 4 nitrogen and oxygen atoms in total. The fourth-order valence-corrected chi connectivity index (χ4v) is 2.04. The van der Waals surface area contributed by atoms with Crippen molar-refractivity contribution in [1.82, 2.24) is 9.97 Å². The maximum absolute atomic E-state index is 11.2. The van der Waals surface area contributed by atoms with Crippen molar-refractivity contribution < 1.29 is 9.53 Å². The minimum absolute atomic E-state index is 0.275. The molecule has 0 aliphatic heterocycles. The number of fused-ring (bicyclic) bond motifs is 1. The number of hydrogen-bond donors (Lipinski definition) is 0. The molecule has 3 rings (SSSR count). The Morgan fingerprint density at radius 1 is 1.05 bits per heavy atom. The van der Waals surface area contributed by atoms with Crippen LogP contribution in [-0.4, -0.2) is 16.3 Å². The zero-order valence-corrected chi connectivity index (χ0v) is 10.7. The third kappa shape index (κ3) is 2.49. The van der Waals surface area contributed by atoms with E-state index >= 15 is 0 Å². The highest BCUT2D eigenvalue weighted by Gasteiger charge is 2.05. The van der Waals surface area contributed by atoms with Crippen LogP contribution in [0.1, 0.15) is 16.2 Å². The van der Waals surface area contributed by atoms with Crippen LogP contribution in [0.2, 0.25) is 0 Å². The molecule has 0 atom stereocenters. The third-order valence-corrected chi connectivity index (χ3v) is 2.98. The van der Waals surface area contributed by atoms with Crippen molar-refractivity contribution in [2.24, 2.45) is 0 Å². The largest absolute Gasteiger partial charge is 0.486 e. The van der Waals surface area contributed by atoms with Gasteiger partial charge in [-0.15, -0.1) is 0 Å². The van der Waals surface area contributed by atoms with Crippen molar-refractivity contribution in [2.75, 3.05) is 0 Å². The fourth-order valence-electron chi connectivity index (χ4n) is 2.04. The van der Waals surface area contributed by atoms with Gasteiger partial charge in [0, 0.05) is 18.0 Å². The first-order valence-electron chi connectivity index (χ1n) is 6.23. The Morgan fingerprint density at radius 2 is 1.85 bits per heavy atom. The number of aromatic nitrogens is 2. The minimum Gasteiger partial charge on any atom is -0.486 e. The zero-order chi connectivity index (χ0) is 13.8. The second-order valence-corrected chi connectivity index (χ2v) is 4.31. The van der Waals surface area contributed by atoms with Gasteiger partial charge in [-0.3, -0.25) is 4.79 Å². The van der Waals surface area contributed by atoms with Crippen molar-refractivity contribution in [3.8, 4) is 5.75 Å². The van der Waals surface area contributed by atoms with E-state index in [9.17, 15) is 4.79 Å². The maximum atomic E-state index is 11.2. The summed E-state index contributed by atoms with van der Waals surface area (Å²) in [6.45, 7) is 0.275. The molecule has 2 aromatic carbocycles. The van der Waals surface area contributed by atoms with Gasteiger partial charge < -0.3 is 4.74 Å². The normalized spacial score (nSPS) is 10.4. The lowest BCUT2D eigenvalue weighted by Crippen LogP contribution is -2.00. The summed E-state index contributed by atoms with van der Waals surface area (Å²) in [5, 5.41) is 1.90. The predicted octanol–water partition coefficient (Wildman–Crippen LogP) is 3.02. The molecule has 0 saturated carbocycles. The summed E-state index contributed by atoms with van der Waals surface area (Å²) in [5.41, 5.74) is 0.618. The van der Waals surface area contributed by atoms with E-state index in [0.717, 1.165) is 17.1 Å². The van der Waals surface area contributed by atoms with Crippen molar-refractivity contribution in [3.63, 3.8) is 0 Å². The molecule has 4 heteroatoms. The van der Waals surface area contributed by atoms with E-state index in [0.29, 0.717) is 17.1 Å². The molecule has 0 aliphatic rings. The molecule has 0 bridgehead atoms. The van der Waals surface area contributed by atoms with Crippen LogP contribution < -0.4 is 4.74 Å². The molecule has 1 heterocycles. The lowest BCUT2D eigenvalue weighted by atomic mass is 10.1. The molecular weight excluding hydrogens is 252 g/mol. The predicted molar refractivity (Wildman–Crippen MR) is 75.7 cm³/mol. The van der Waals surface area contributed by atoms with E-state index < -0.39 is 0 Å². The lowest BCUT2D eigenvalue weighted by Gasteiger charge is -2.08. The molecule has 98 valence electrons. The summed E-state index contributed by atoms with van der Waals surface area (Å²) in [6.07, 6.45) is 4.18. The Kier molecular flexibility index (Phi) is 3.37. The Morgan fingerprint density at radius 3 is 2.65 bits per heavy atom. The first-order chi connectivity index (χ1) is 9.86.